The number of hydrogen-bond donors (Lipinski definition) is 0. The van der Waals surface area contributed by atoms with Crippen molar-refractivity contribution in [1.82, 2.24) is 0 Å². The Bertz CT molecular complexity index is 65.6. The maximum atomic E-state index is 4.93. The first-order valence-corrected chi connectivity index (χ1v) is 2.14. The summed E-state index contributed by atoms with van der Waals surface area (Å²) in [5.41, 5.74) is 0. The van der Waals surface area contributed by atoms with Crippen molar-refractivity contribution >= 4 is 0 Å². The van der Waals surface area contributed by atoms with Crippen LogP contribution in [0.2, 0.25) is 0 Å². The van der Waals surface area contributed by atoms with Crippen molar-refractivity contribution in [2.45, 2.75) is 0 Å². The van der Waals surface area contributed by atoms with E-state index < -0.39 is 0 Å². The van der Waals surface area contributed by atoms with E-state index in [9.17, 15) is 0 Å². The number of hydrogen-bond acceptors (Lipinski definition) is 1. The second-order valence-electron chi connectivity index (χ2n) is 0.620. The van der Waals surface area contributed by atoms with Crippen LogP contribution in [0, 0.1) is 6.58 Å². The standard InChI is InChI=1S/C4H4N.Rh/c1-2-3-4-5;/h1-4H;/q-1;/b4-3-;. The molecule has 0 spiro atoms. The maximum absolute atomic E-state index is 4.93. The van der Waals surface area contributed by atoms with E-state index in [4.69, 9.17) is 6.58 Å². The van der Waals surface area contributed by atoms with Gasteiger partial charge in [-0.25, -0.2) is 0 Å². The third kappa shape index (κ3) is 3.90. The molecule has 2 heteroatoms. The third-order valence-corrected chi connectivity index (χ3v) is 0.491. The summed E-state index contributed by atoms with van der Waals surface area (Å²) in [7, 11) is 0. The summed E-state index contributed by atoms with van der Waals surface area (Å²) < 4.78 is 3.52. The van der Waals surface area contributed by atoms with Gasteiger partial charge < -0.3 is 0 Å². The fourth-order valence-electron chi connectivity index (χ4n) is 0.0784. The van der Waals surface area contributed by atoms with Gasteiger partial charge in [0.05, 0.1) is 0 Å². The Balaban J connectivity index is 3.17. The van der Waals surface area contributed by atoms with Crippen molar-refractivity contribution in [3.8, 4) is 0 Å². The van der Waals surface area contributed by atoms with E-state index in [1.54, 1.807) is 12.3 Å². The molecule has 6 heavy (non-hydrogen) atoms. The molecule has 0 aromatic carbocycles. The molecule has 0 atom stereocenters. The van der Waals surface area contributed by atoms with Crippen LogP contribution >= 0.6 is 0 Å². The molecule has 0 saturated carbocycles. The predicted octanol–water partition coefficient (Wildman–Crippen LogP) is 1.22. The van der Waals surface area contributed by atoms with Gasteiger partial charge in [-0.05, 0) is 0 Å². The van der Waals surface area contributed by atoms with Crippen LogP contribution in [0.25, 0.3) is 0 Å². The molecule has 0 aliphatic rings. The summed E-state index contributed by atoms with van der Waals surface area (Å²) in [5, 5.41) is 0. The Kier molecular flexibility index (Phi) is 4.82. The van der Waals surface area contributed by atoms with Gasteiger partial charge in [0, 0.05) is 0 Å². The molecule has 0 N–H and O–H groups in total. The van der Waals surface area contributed by atoms with Crippen molar-refractivity contribution in [2.75, 3.05) is 0 Å². The molecule has 0 aromatic rings. The quantitative estimate of drug-likeness (QED) is 0.334. The number of allylic oxidation sites excluding steroid dienone is 2. The van der Waals surface area contributed by atoms with E-state index in [2.05, 4.69) is 21.8 Å². The normalized spacial score (nSPS) is 8.83. The van der Waals surface area contributed by atoms with Gasteiger partial charge in [0.2, 0.25) is 0 Å². The molecule has 0 rings (SSSR count). The fraction of sp³-hybridized carbons (Fsp3) is 0. The van der Waals surface area contributed by atoms with Gasteiger partial charge in [-0.2, -0.15) is 0 Å². The summed E-state index contributed by atoms with van der Waals surface area (Å²) in [6.45, 7) is 4.93. The fourth-order valence-corrected chi connectivity index (χ4v) is 0.219. The third-order valence-electron chi connectivity index (χ3n) is 0.247. The molecular formula is C4H4NRh-. The van der Waals surface area contributed by atoms with Crippen molar-refractivity contribution < 1.29 is 18.1 Å². The van der Waals surface area contributed by atoms with Crippen LogP contribution in [0.4, 0.5) is 0 Å². The Labute approximate surface area is 47.3 Å². The molecule has 1 nitrogen and oxygen atoms in total. The molecular weight excluding hydrogens is 165 g/mol. The molecule has 0 amide bonds. The Morgan fingerprint density at radius 3 is 2.50 bits per heavy atom. The van der Waals surface area contributed by atoms with Crippen molar-refractivity contribution in [1.29, 1.82) is 0 Å². The Morgan fingerprint density at radius 1 is 1.67 bits per heavy atom. The van der Waals surface area contributed by atoms with E-state index in [0.29, 0.717) is 0 Å². The zero-order valence-corrected chi connectivity index (χ0v) is 4.73. The van der Waals surface area contributed by atoms with E-state index in [0.717, 1.165) is 0 Å². The van der Waals surface area contributed by atoms with Gasteiger partial charge in [0.1, 0.15) is 0 Å². The summed E-state index contributed by atoms with van der Waals surface area (Å²) >= 11 is 2.35. The first-order valence-electron chi connectivity index (χ1n) is 1.41. The Morgan fingerprint density at radius 2 is 2.33 bits per heavy atom. The molecule has 0 bridgehead atoms. The van der Waals surface area contributed by atoms with Gasteiger partial charge in [0.25, 0.3) is 0 Å². The zero-order valence-electron chi connectivity index (χ0n) is 3.09. The summed E-state index contributed by atoms with van der Waals surface area (Å²) in [6, 6.07) is 0. The molecule has 0 unspecified atom stereocenters. The van der Waals surface area contributed by atoms with Crippen LogP contribution in [-0.2, 0) is 18.1 Å². The van der Waals surface area contributed by atoms with E-state index in [-0.39, 0.29) is 0 Å². The van der Waals surface area contributed by atoms with Crippen molar-refractivity contribution in [3.63, 3.8) is 0 Å². The summed E-state index contributed by atoms with van der Waals surface area (Å²) in [4.78, 5) is 0. The first kappa shape index (κ1) is 5.90. The molecule has 0 heterocycles. The van der Waals surface area contributed by atoms with Crippen LogP contribution in [0.3, 0.4) is 0 Å². The first-order chi connectivity index (χ1) is 2.91. The van der Waals surface area contributed by atoms with E-state index >= 15 is 0 Å². The van der Waals surface area contributed by atoms with E-state index in [1.165, 1.54) is 6.08 Å². The van der Waals surface area contributed by atoms with Crippen LogP contribution < -0.4 is 0 Å². The zero-order chi connectivity index (χ0) is 4.83. The minimum atomic E-state index is 1.42. The molecule has 35 valence electrons. The molecule has 0 aliphatic carbocycles. The SMILES string of the molecule is [CH-]=C/C=C\[N]=[Rh]. The van der Waals surface area contributed by atoms with Gasteiger partial charge >= 0.3 is 46.7 Å². The van der Waals surface area contributed by atoms with Crippen LogP contribution in [0.15, 0.2) is 22.0 Å². The molecule has 0 saturated heterocycles. The number of rotatable bonds is 2. The Hall–Kier alpha value is -0.0966. The average molecular weight is 169 g/mol. The van der Waals surface area contributed by atoms with E-state index in [1.807, 2.05) is 0 Å². The topological polar surface area (TPSA) is 12.4 Å². The summed E-state index contributed by atoms with van der Waals surface area (Å²) in [5.74, 6) is 0. The second-order valence-corrected chi connectivity index (χ2v) is 1.04. The number of nitrogens with zero attached hydrogens (tertiary/aromatic N) is 1. The monoisotopic (exact) mass is 169 g/mol. The van der Waals surface area contributed by atoms with Crippen LogP contribution in [-0.4, -0.2) is 0 Å². The second kappa shape index (κ2) is 4.90. The van der Waals surface area contributed by atoms with Gasteiger partial charge in [-0.3, -0.25) is 0 Å². The van der Waals surface area contributed by atoms with Gasteiger partial charge in [-0.1, -0.05) is 0 Å². The molecule has 0 aromatic heterocycles. The molecule has 0 aliphatic heterocycles. The predicted molar refractivity (Wildman–Crippen MR) is 20.4 cm³/mol. The van der Waals surface area contributed by atoms with Crippen LogP contribution in [0.1, 0.15) is 0 Å². The van der Waals surface area contributed by atoms with Gasteiger partial charge in [-0.15, -0.1) is 0 Å². The van der Waals surface area contributed by atoms with Gasteiger partial charge in [0.15, 0.2) is 0 Å². The molecule has 0 radical (unpaired) electrons. The summed E-state index contributed by atoms with van der Waals surface area (Å²) in [6.07, 6.45) is 4.64. The minimum absolute atomic E-state index is 1.42. The van der Waals surface area contributed by atoms with Crippen molar-refractivity contribution in [2.24, 2.45) is 3.68 Å². The molecule has 0 fully saturated rings. The van der Waals surface area contributed by atoms with Crippen molar-refractivity contribution in [3.05, 3.63) is 24.9 Å². The van der Waals surface area contributed by atoms with Crippen LogP contribution in [0.5, 0.6) is 0 Å². The average Bonchev–Trinajstić information content (AvgIpc) is 1.61.